The fourth-order valence-corrected chi connectivity index (χ4v) is 3.32. The highest BCUT2D eigenvalue weighted by Crippen LogP contribution is 2.41. The standard InChI is InChI=1S/C18H26O11/c1-8(19)25-6-13-16(27-10(3)21)15(14(24)7-26-9(2)20)18(29-12(5)23)17(13)28-11(4)22/h13-18,24H,6-7H2,1-5H3/t13?,14?,15-,16?,17-,18?/m1/s1. The Balaban J connectivity index is 3.37. The van der Waals surface area contributed by atoms with E-state index in [1.807, 2.05) is 0 Å². The highest BCUT2D eigenvalue weighted by molar-refractivity contribution is 5.69. The van der Waals surface area contributed by atoms with Crippen LogP contribution in [-0.4, -0.2) is 72.6 Å². The van der Waals surface area contributed by atoms with Gasteiger partial charge in [-0.2, -0.15) is 0 Å². The zero-order valence-electron chi connectivity index (χ0n) is 16.9. The number of aliphatic hydroxyl groups is 1. The number of hydrogen-bond acceptors (Lipinski definition) is 11. The third kappa shape index (κ3) is 7.33. The first-order valence-electron chi connectivity index (χ1n) is 8.90. The number of aliphatic hydroxyl groups excluding tert-OH is 1. The monoisotopic (exact) mass is 418 g/mol. The quantitative estimate of drug-likeness (QED) is 0.401. The molecule has 0 aromatic rings. The molecule has 1 saturated carbocycles. The minimum Gasteiger partial charge on any atom is -0.465 e. The van der Waals surface area contributed by atoms with Crippen molar-refractivity contribution in [2.24, 2.45) is 11.8 Å². The summed E-state index contributed by atoms with van der Waals surface area (Å²) in [6.45, 7) is 4.84. The Kier molecular flexibility index (Phi) is 9.02. The zero-order valence-corrected chi connectivity index (χ0v) is 16.9. The van der Waals surface area contributed by atoms with Gasteiger partial charge in [-0.25, -0.2) is 0 Å². The van der Waals surface area contributed by atoms with Crippen LogP contribution in [-0.2, 0) is 47.7 Å². The van der Waals surface area contributed by atoms with E-state index in [1.165, 1.54) is 0 Å². The maximum atomic E-state index is 11.7. The van der Waals surface area contributed by atoms with Gasteiger partial charge in [0, 0.05) is 34.6 Å². The van der Waals surface area contributed by atoms with Crippen LogP contribution in [0, 0.1) is 11.8 Å². The molecular weight excluding hydrogens is 392 g/mol. The van der Waals surface area contributed by atoms with E-state index >= 15 is 0 Å². The molecule has 0 heterocycles. The third-order valence-electron chi connectivity index (χ3n) is 4.21. The predicted molar refractivity (Wildman–Crippen MR) is 92.9 cm³/mol. The first-order valence-corrected chi connectivity index (χ1v) is 8.90. The fraction of sp³-hybridized carbons (Fsp3) is 0.722. The summed E-state index contributed by atoms with van der Waals surface area (Å²) in [6.07, 6.45) is -5.02. The summed E-state index contributed by atoms with van der Waals surface area (Å²) in [5.41, 5.74) is 0. The number of rotatable bonds is 8. The van der Waals surface area contributed by atoms with Crippen molar-refractivity contribution in [2.45, 2.75) is 59.0 Å². The van der Waals surface area contributed by atoms with Gasteiger partial charge in [-0.3, -0.25) is 24.0 Å². The van der Waals surface area contributed by atoms with Crippen molar-refractivity contribution in [1.82, 2.24) is 0 Å². The van der Waals surface area contributed by atoms with Crippen LogP contribution >= 0.6 is 0 Å². The van der Waals surface area contributed by atoms with E-state index in [4.69, 9.17) is 23.7 Å². The molecular formula is C18H26O11. The molecule has 1 aliphatic carbocycles. The molecule has 1 N–H and O–H groups in total. The Morgan fingerprint density at radius 1 is 0.690 bits per heavy atom. The Hall–Kier alpha value is -2.69. The Morgan fingerprint density at radius 2 is 1.14 bits per heavy atom. The van der Waals surface area contributed by atoms with Gasteiger partial charge in [-0.1, -0.05) is 0 Å². The number of ether oxygens (including phenoxy) is 5. The van der Waals surface area contributed by atoms with Gasteiger partial charge < -0.3 is 28.8 Å². The van der Waals surface area contributed by atoms with Crippen molar-refractivity contribution in [1.29, 1.82) is 0 Å². The molecule has 29 heavy (non-hydrogen) atoms. The van der Waals surface area contributed by atoms with Crippen LogP contribution in [0.1, 0.15) is 34.6 Å². The van der Waals surface area contributed by atoms with Gasteiger partial charge in [0.1, 0.15) is 31.5 Å². The second kappa shape index (κ2) is 10.7. The molecule has 0 spiro atoms. The Bertz CT molecular complexity index is 644. The van der Waals surface area contributed by atoms with Crippen LogP contribution in [0.15, 0.2) is 0 Å². The molecule has 0 bridgehead atoms. The van der Waals surface area contributed by atoms with Crippen LogP contribution in [0.5, 0.6) is 0 Å². The normalized spacial score (nSPS) is 26.8. The zero-order chi connectivity index (χ0) is 22.3. The van der Waals surface area contributed by atoms with Gasteiger partial charge in [0.15, 0.2) is 0 Å². The number of hydrogen-bond donors (Lipinski definition) is 1. The van der Waals surface area contributed by atoms with E-state index in [0.29, 0.717) is 0 Å². The molecule has 6 atom stereocenters. The summed E-state index contributed by atoms with van der Waals surface area (Å²) < 4.78 is 25.7. The van der Waals surface area contributed by atoms with Gasteiger partial charge in [0.2, 0.25) is 0 Å². The molecule has 11 heteroatoms. The number of carbonyl (C=O) groups is 5. The maximum Gasteiger partial charge on any atom is 0.303 e. The van der Waals surface area contributed by atoms with E-state index < -0.39 is 72.7 Å². The average Bonchev–Trinajstić information content (AvgIpc) is 2.81. The van der Waals surface area contributed by atoms with E-state index in [0.717, 1.165) is 34.6 Å². The van der Waals surface area contributed by atoms with E-state index in [1.54, 1.807) is 0 Å². The minimum atomic E-state index is -1.44. The highest BCUT2D eigenvalue weighted by atomic mass is 16.6. The van der Waals surface area contributed by atoms with Crippen LogP contribution in [0.4, 0.5) is 0 Å². The summed E-state index contributed by atoms with van der Waals surface area (Å²) in [5.74, 6) is -5.55. The largest absolute Gasteiger partial charge is 0.465 e. The van der Waals surface area contributed by atoms with Gasteiger partial charge in [0.05, 0.1) is 17.9 Å². The smallest absolute Gasteiger partial charge is 0.303 e. The molecule has 0 aliphatic heterocycles. The Morgan fingerprint density at radius 3 is 1.59 bits per heavy atom. The molecule has 0 amide bonds. The molecule has 164 valence electrons. The Labute approximate surface area is 167 Å². The van der Waals surface area contributed by atoms with Crippen molar-refractivity contribution in [2.75, 3.05) is 13.2 Å². The van der Waals surface area contributed by atoms with Crippen molar-refractivity contribution >= 4 is 29.8 Å². The van der Waals surface area contributed by atoms with Gasteiger partial charge in [0.25, 0.3) is 0 Å². The third-order valence-corrected chi connectivity index (χ3v) is 4.21. The van der Waals surface area contributed by atoms with E-state index in [-0.39, 0.29) is 6.61 Å². The minimum absolute atomic E-state index is 0.334. The summed E-state index contributed by atoms with van der Waals surface area (Å²) in [7, 11) is 0. The van der Waals surface area contributed by atoms with Crippen molar-refractivity contribution in [3.63, 3.8) is 0 Å². The summed E-state index contributed by atoms with van der Waals surface area (Å²) >= 11 is 0. The molecule has 0 saturated heterocycles. The van der Waals surface area contributed by atoms with Crippen molar-refractivity contribution < 1.29 is 52.8 Å². The highest BCUT2D eigenvalue weighted by Gasteiger charge is 2.59. The molecule has 0 aromatic heterocycles. The summed E-state index contributed by atoms with van der Waals surface area (Å²) in [4.78, 5) is 57.3. The molecule has 4 unspecified atom stereocenters. The van der Waals surface area contributed by atoms with Crippen LogP contribution in [0.2, 0.25) is 0 Å². The molecule has 1 aliphatic rings. The van der Waals surface area contributed by atoms with Gasteiger partial charge in [-0.15, -0.1) is 0 Å². The van der Waals surface area contributed by atoms with E-state index in [9.17, 15) is 29.1 Å². The molecule has 0 radical (unpaired) electrons. The summed E-state index contributed by atoms with van der Waals surface area (Å²) in [6, 6.07) is 0. The second-order valence-electron chi connectivity index (χ2n) is 6.64. The number of esters is 5. The van der Waals surface area contributed by atoms with Gasteiger partial charge >= 0.3 is 29.8 Å². The van der Waals surface area contributed by atoms with Crippen LogP contribution in [0.3, 0.4) is 0 Å². The van der Waals surface area contributed by atoms with Crippen molar-refractivity contribution in [3.8, 4) is 0 Å². The summed E-state index contributed by atoms with van der Waals surface area (Å²) in [5, 5.41) is 10.6. The first-order chi connectivity index (χ1) is 13.4. The SMILES string of the molecule is CC(=O)OCC1C(OC(C)=O)[C@@H](C(O)COC(C)=O)C(OC(C)=O)[C@@H]1OC(C)=O. The molecule has 0 aromatic carbocycles. The first kappa shape index (κ1) is 24.3. The van der Waals surface area contributed by atoms with Crippen LogP contribution in [0.25, 0.3) is 0 Å². The molecule has 1 rings (SSSR count). The van der Waals surface area contributed by atoms with Gasteiger partial charge in [-0.05, 0) is 0 Å². The fourth-order valence-electron chi connectivity index (χ4n) is 3.32. The lowest BCUT2D eigenvalue weighted by molar-refractivity contribution is -0.172. The average molecular weight is 418 g/mol. The molecule has 1 fully saturated rings. The second-order valence-corrected chi connectivity index (χ2v) is 6.64. The lowest BCUT2D eigenvalue weighted by Crippen LogP contribution is -2.43. The number of carbonyl (C=O) groups excluding carboxylic acids is 5. The lowest BCUT2D eigenvalue weighted by atomic mass is 9.94. The van der Waals surface area contributed by atoms with E-state index in [2.05, 4.69) is 0 Å². The lowest BCUT2D eigenvalue weighted by Gasteiger charge is -2.29. The molecule has 11 nitrogen and oxygen atoms in total. The predicted octanol–water partition coefficient (Wildman–Crippen LogP) is -0.485. The van der Waals surface area contributed by atoms with Crippen molar-refractivity contribution in [3.05, 3.63) is 0 Å². The topological polar surface area (TPSA) is 152 Å². The maximum absolute atomic E-state index is 11.7. The van der Waals surface area contributed by atoms with Crippen LogP contribution < -0.4 is 0 Å².